The molecule has 0 aliphatic carbocycles. The SMILES string of the molecule is CCN1CC[C@@]2(CCCN(C(=O)Cc3ccc(C)cc3)CC2)C1=O. The van der Waals surface area contributed by atoms with E-state index in [-0.39, 0.29) is 11.3 Å². The van der Waals surface area contributed by atoms with E-state index >= 15 is 0 Å². The van der Waals surface area contributed by atoms with Gasteiger partial charge in [0.1, 0.15) is 0 Å². The van der Waals surface area contributed by atoms with Crippen LogP contribution < -0.4 is 0 Å². The van der Waals surface area contributed by atoms with Crippen molar-refractivity contribution >= 4 is 11.8 Å². The molecule has 0 unspecified atom stereocenters. The fourth-order valence-electron chi connectivity index (χ4n) is 4.09. The Morgan fingerprint density at radius 1 is 1.08 bits per heavy atom. The summed E-state index contributed by atoms with van der Waals surface area (Å²) in [6, 6.07) is 8.17. The molecule has 2 saturated heterocycles. The summed E-state index contributed by atoms with van der Waals surface area (Å²) in [6.45, 7) is 7.28. The number of rotatable bonds is 3. The van der Waals surface area contributed by atoms with Crippen LogP contribution in [0.25, 0.3) is 0 Å². The number of hydrogen-bond donors (Lipinski definition) is 0. The number of hydrogen-bond acceptors (Lipinski definition) is 2. The highest BCUT2D eigenvalue weighted by Gasteiger charge is 2.46. The highest BCUT2D eigenvalue weighted by atomic mass is 16.2. The van der Waals surface area contributed by atoms with Crippen LogP contribution in [0.3, 0.4) is 0 Å². The smallest absolute Gasteiger partial charge is 0.228 e. The highest BCUT2D eigenvalue weighted by molar-refractivity contribution is 5.85. The maximum atomic E-state index is 12.7. The highest BCUT2D eigenvalue weighted by Crippen LogP contribution is 2.41. The van der Waals surface area contributed by atoms with Crippen LogP contribution >= 0.6 is 0 Å². The summed E-state index contributed by atoms with van der Waals surface area (Å²) < 4.78 is 0. The fraction of sp³-hybridized carbons (Fsp3) is 0.600. The van der Waals surface area contributed by atoms with E-state index in [0.29, 0.717) is 18.9 Å². The van der Waals surface area contributed by atoms with Crippen LogP contribution in [0.5, 0.6) is 0 Å². The number of likely N-dealkylation sites (tertiary alicyclic amines) is 2. The fourth-order valence-corrected chi connectivity index (χ4v) is 4.09. The monoisotopic (exact) mass is 328 g/mol. The van der Waals surface area contributed by atoms with Crippen LogP contribution in [-0.2, 0) is 16.0 Å². The molecule has 2 heterocycles. The van der Waals surface area contributed by atoms with Gasteiger partial charge < -0.3 is 9.80 Å². The molecule has 0 bridgehead atoms. The van der Waals surface area contributed by atoms with E-state index in [2.05, 4.69) is 19.1 Å². The summed E-state index contributed by atoms with van der Waals surface area (Å²) in [7, 11) is 0. The van der Waals surface area contributed by atoms with Gasteiger partial charge in [-0.1, -0.05) is 29.8 Å². The third-order valence-corrected chi connectivity index (χ3v) is 5.76. The van der Waals surface area contributed by atoms with Crippen LogP contribution in [0, 0.1) is 12.3 Å². The van der Waals surface area contributed by atoms with E-state index in [0.717, 1.165) is 50.9 Å². The van der Waals surface area contributed by atoms with Crippen molar-refractivity contribution in [1.29, 1.82) is 0 Å². The minimum Gasteiger partial charge on any atom is -0.342 e. The normalized spacial score (nSPS) is 24.5. The Morgan fingerprint density at radius 3 is 2.46 bits per heavy atom. The maximum absolute atomic E-state index is 12.7. The van der Waals surface area contributed by atoms with Gasteiger partial charge in [0.25, 0.3) is 0 Å². The summed E-state index contributed by atoms with van der Waals surface area (Å²) in [5, 5.41) is 0. The van der Waals surface area contributed by atoms with Crippen LogP contribution in [0.4, 0.5) is 0 Å². The third-order valence-electron chi connectivity index (χ3n) is 5.76. The van der Waals surface area contributed by atoms with Crippen LogP contribution in [0.15, 0.2) is 24.3 Å². The Labute approximate surface area is 144 Å². The van der Waals surface area contributed by atoms with Crippen LogP contribution in [-0.4, -0.2) is 47.8 Å². The molecule has 130 valence electrons. The van der Waals surface area contributed by atoms with Gasteiger partial charge in [-0.3, -0.25) is 9.59 Å². The van der Waals surface area contributed by atoms with Gasteiger partial charge in [0.2, 0.25) is 11.8 Å². The van der Waals surface area contributed by atoms with Gasteiger partial charge in [-0.25, -0.2) is 0 Å². The molecule has 4 nitrogen and oxygen atoms in total. The molecule has 0 aromatic heterocycles. The molecular formula is C20H28N2O2. The van der Waals surface area contributed by atoms with Gasteiger partial charge in [-0.2, -0.15) is 0 Å². The van der Waals surface area contributed by atoms with Gasteiger partial charge in [-0.15, -0.1) is 0 Å². The molecule has 3 rings (SSSR count). The van der Waals surface area contributed by atoms with Crippen molar-refractivity contribution in [3.05, 3.63) is 35.4 Å². The molecule has 2 fully saturated rings. The Hall–Kier alpha value is -1.84. The van der Waals surface area contributed by atoms with Crippen molar-refractivity contribution in [2.75, 3.05) is 26.2 Å². The largest absolute Gasteiger partial charge is 0.342 e. The molecule has 1 atom stereocenters. The lowest BCUT2D eigenvalue weighted by Gasteiger charge is -2.26. The zero-order valence-corrected chi connectivity index (χ0v) is 14.9. The maximum Gasteiger partial charge on any atom is 0.228 e. The van der Waals surface area contributed by atoms with E-state index < -0.39 is 0 Å². The molecule has 1 aromatic carbocycles. The van der Waals surface area contributed by atoms with E-state index in [9.17, 15) is 9.59 Å². The molecule has 2 aliphatic heterocycles. The number of carbonyl (C=O) groups is 2. The summed E-state index contributed by atoms with van der Waals surface area (Å²) >= 11 is 0. The van der Waals surface area contributed by atoms with Crippen molar-refractivity contribution in [2.45, 2.75) is 46.0 Å². The number of aryl methyl sites for hydroxylation is 1. The summed E-state index contributed by atoms with van der Waals surface area (Å²) in [6.07, 6.45) is 4.10. The predicted octanol–water partition coefficient (Wildman–Crippen LogP) is 2.79. The summed E-state index contributed by atoms with van der Waals surface area (Å²) in [4.78, 5) is 29.3. The van der Waals surface area contributed by atoms with E-state index in [4.69, 9.17) is 0 Å². The third kappa shape index (κ3) is 3.33. The Morgan fingerprint density at radius 2 is 1.79 bits per heavy atom. The first kappa shape index (κ1) is 17.0. The Balaban J connectivity index is 1.62. The molecule has 0 saturated carbocycles. The van der Waals surface area contributed by atoms with Crippen LogP contribution in [0.1, 0.15) is 43.7 Å². The van der Waals surface area contributed by atoms with E-state index in [1.165, 1.54) is 5.56 Å². The Bertz CT molecular complexity index is 611. The second-order valence-corrected chi connectivity index (χ2v) is 7.31. The standard InChI is InChI=1S/C20H28N2O2/c1-3-21-13-10-20(19(21)24)9-4-12-22(14-11-20)18(23)15-17-7-5-16(2)6-8-17/h5-8H,3-4,9-15H2,1-2H3/t20-/m1/s1. The van der Waals surface area contributed by atoms with Crippen molar-refractivity contribution in [1.82, 2.24) is 9.80 Å². The zero-order chi connectivity index (χ0) is 17.2. The van der Waals surface area contributed by atoms with E-state index in [1.54, 1.807) is 0 Å². The molecule has 24 heavy (non-hydrogen) atoms. The first-order chi connectivity index (χ1) is 11.5. The first-order valence-corrected chi connectivity index (χ1v) is 9.17. The van der Waals surface area contributed by atoms with Crippen molar-refractivity contribution in [3.63, 3.8) is 0 Å². The lowest BCUT2D eigenvalue weighted by atomic mass is 9.79. The summed E-state index contributed by atoms with van der Waals surface area (Å²) in [5.41, 5.74) is 2.08. The average Bonchev–Trinajstić information content (AvgIpc) is 2.75. The lowest BCUT2D eigenvalue weighted by molar-refractivity contribution is -0.137. The van der Waals surface area contributed by atoms with Gasteiger partial charge in [0.15, 0.2) is 0 Å². The first-order valence-electron chi connectivity index (χ1n) is 9.17. The molecule has 2 aliphatic rings. The molecule has 4 heteroatoms. The topological polar surface area (TPSA) is 40.6 Å². The Kier molecular flexibility index (Phi) is 4.93. The second kappa shape index (κ2) is 6.96. The number of amides is 2. The van der Waals surface area contributed by atoms with Crippen molar-refractivity contribution in [2.24, 2.45) is 5.41 Å². The molecular weight excluding hydrogens is 300 g/mol. The summed E-state index contributed by atoms with van der Waals surface area (Å²) in [5.74, 6) is 0.506. The van der Waals surface area contributed by atoms with Crippen molar-refractivity contribution in [3.8, 4) is 0 Å². The molecule has 1 spiro atoms. The molecule has 0 N–H and O–H groups in total. The van der Waals surface area contributed by atoms with Crippen LogP contribution in [0.2, 0.25) is 0 Å². The second-order valence-electron chi connectivity index (χ2n) is 7.31. The lowest BCUT2D eigenvalue weighted by Crippen LogP contribution is -2.37. The van der Waals surface area contributed by atoms with Gasteiger partial charge in [0.05, 0.1) is 11.8 Å². The van der Waals surface area contributed by atoms with Crippen molar-refractivity contribution < 1.29 is 9.59 Å². The average molecular weight is 328 g/mol. The van der Waals surface area contributed by atoms with Gasteiger partial charge in [0, 0.05) is 26.2 Å². The van der Waals surface area contributed by atoms with Gasteiger partial charge >= 0.3 is 0 Å². The molecule has 2 amide bonds. The minimum absolute atomic E-state index is 0.189. The number of nitrogens with zero attached hydrogens (tertiary/aromatic N) is 2. The minimum atomic E-state index is -0.200. The number of carbonyl (C=O) groups excluding carboxylic acids is 2. The number of benzene rings is 1. The molecule has 0 radical (unpaired) electrons. The quantitative estimate of drug-likeness (QED) is 0.856. The predicted molar refractivity (Wildman–Crippen MR) is 94.6 cm³/mol. The van der Waals surface area contributed by atoms with Gasteiger partial charge in [-0.05, 0) is 45.1 Å². The molecule has 1 aromatic rings. The zero-order valence-electron chi connectivity index (χ0n) is 14.9. The van der Waals surface area contributed by atoms with E-state index in [1.807, 2.05) is 28.9 Å².